The maximum absolute atomic E-state index is 11.0. The van der Waals surface area contributed by atoms with Crippen LogP contribution < -0.4 is 16.0 Å². The molecular weight excluding hydrogens is 218 g/mol. The lowest BCUT2D eigenvalue weighted by Gasteiger charge is -2.04. The number of nitrogen functional groups attached to an aromatic ring is 1. The monoisotopic (exact) mass is 229 g/mol. The summed E-state index contributed by atoms with van der Waals surface area (Å²) in [7, 11) is -3.29. The summed E-state index contributed by atoms with van der Waals surface area (Å²) >= 11 is 0. The summed E-state index contributed by atoms with van der Waals surface area (Å²) in [6.45, 7) is 0. The van der Waals surface area contributed by atoms with Crippen LogP contribution in [0.15, 0.2) is 24.3 Å². The summed E-state index contributed by atoms with van der Waals surface area (Å²) in [5.74, 6) is 4.50. The first-order chi connectivity index (χ1) is 6.92. The van der Waals surface area contributed by atoms with Crippen molar-refractivity contribution in [1.29, 1.82) is 0 Å². The van der Waals surface area contributed by atoms with Gasteiger partial charge in [0.2, 0.25) is 10.0 Å². The highest BCUT2D eigenvalue weighted by Gasteiger charge is 2.04. The fourth-order valence-corrected chi connectivity index (χ4v) is 1.55. The third-order valence-corrected chi connectivity index (χ3v) is 2.19. The molecule has 0 spiro atoms. The molecule has 0 heterocycles. The van der Waals surface area contributed by atoms with E-state index >= 15 is 0 Å². The van der Waals surface area contributed by atoms with Crippen LogP contribution in [-0.4, -0.2) is 20.6 Å². The van der Waals surface area contributed by atoms with Crippen LogP contribution in [0.4, 0.5) is 5.69 Å². The Labute approximate surface area is 87.5 Å². The second-order valence-electron chi connectivity index (χ2n) is 2.93. The van der Waals surface area contributed by atoms with Crippen molar-refractivity contribution in [2.75, 3.05) is 11.0 Å². The highest BCUT2D eigenvalue weighted by atomic mass is 32.2. The van der Waals surface area contributed by atoms with Crippen LogP contribution in [-0.2, 0) is 10.0 Å². The van der Waals surface area contributed by atoms with Gasteiger partial charge in [0.15, 0.2) is 0 Å². The molecule has 0 radical (unpaired) electrons. The maximum Gasteiger partial charge on any atom is 0.265 e. The maximum atomic E-state index is 11.0. The third kappa shape index (κ3) is 3.56. The van der Waals surface area contributed by atoms with Gasteiger partial charge in [0, 0.05) is 11.3 Å². The van der Waals surface area contributed by atoms with Gasteiger partial charge in [0.25, 0.3) is 5.91 Å². The molecule has 0 atom stereocenters. The van der Waals surface area contributed by atoms with Crippen molar-refractivity contribution in [2.45, 2.75) is 0 Å². The lowest BCUT2D eigenvalue weighted by molar-refractivity contribution is 0.0953. The van der Waals surface area contributed by atoms with Crippen molar-refractivity contribution < 1.29 is 13.2 Å². The predicted octanol–water partition coefficient (Wildman–Crippen LogP) is -0.338. The van der Waals surface area contributed by atoms with Crippen molar-refractivity contribution in [2.24, 2.45) is 5.84 Å². The van der Waals surface area contributed by atoms with Crippen LogP contribution in [0.5, 0.6) is 0 Å². The van der Waals surface area contributed by atoms with Crippen molar-refractivity contribution >= 4 is 21.6 Å². The smallest absolute Gasteiger partial charge is 0.265 e. The summed E-state index contributed by atoms with van der Waals surface area (Å²) < 4.78 is 24.0. The molecule has 6 nitrogen and oxygen atoms in total. The van der Waals surface area contributed by atoms with Gasteiger partial charge in [0.05, 0.1) is 6.26 Å². The molecule has 0 aromatic heterocycles. The Kier molecular flexibility index (Phi) is 3.28. The number of hydrazine groups is 1. The molecule has 82 valence electrons. The Morgan fingerprint density at radius 1 is 1.27 bits per heavy atom. The molecule has 1 amide bonds. The van der Waals surface area contributed by atoms with Gasteiger partial charge in [-0.25, -0.2) is 14.3 Å². The fraction of sp³-hybridized carbons (Fsp3) is 0.125. The fourth-order valence-electron chi connectivity index (χ4n) is 0.987. The van der Waals surface area contributed by atoms with E-state index in [9.17, 15) is 13.2 Å². The number of carbonyl (C=O) groups excluding carboxylic acids is 1. The van der Waals surface area contributed by atoms with Crippen LogP contribution in [0.3, 0.4) is 0 Å². The topological polar surface area (TPSA) is 101 Å². The van der Waals surface area contributed by atoms with Gasteiger partial charge >= 0.3 is 0 Å². The second-order valence-corrected chi connectivity index (χ2v) is 4.67. The number of sulfonamides is 1. The molecule has 0 aliphatic heterocycles. The number of rotatable bonds is 3. The minimum Gasteiger partial charge on any atom is -0.290 e. The minimum absolute atomic E-state index is 0.358. The molecule has 1 rings (SSSR count). The Morgan fingerprint density at radius 3 is 2.20 bits per heavy atom. The number of nitrogens with one attached hydrogen (secondary N) is 2. The Morgan fingerprint density at radius 2 is 1.80 bits per heavy atom. The molecule has 0 fully saturated rings. The van der Waals surface area contributed by atoms with Gasteiger partial charge in [-0.15, -0.1) is 0 Å². The van der Waals surface area contributed by atoms with Crippen LogP contribution in [0.2, 0.25) is 0 Å². The molecular formula is C8H11N3O3S. The number of amides is 1. The van der Waals surface area contributed by atoms with Crippen molar-refractivity contribution in [3.63, 3.8) is 0 Å². The van der Waals surface area contributed by atoms with Gasteiger partial charge in [-0.1, -0.05) is 0 Å². The normalized spacial score (nSPS) is 10.8. The average molecular weight is 229 g/mol. The van der Waals surface area contributed by atoms with Crippen molar-refractivity contribution in [3.05, 3.63) is 29.8 Å². The van der Waals surface area contributed by atoms with E-state index < -0.39 is 15.9 Å². The summed E-state index contributed by atoms with van der Waals surface area (Å²) in [4.78, 5) is 11.0. The van der Waals surface area contributed by atoms with E-state index in [0.29, 0.717) is 11.3 Å². The number of carbonyl (C=O) groups is 1. The van der Waals surface area contributed by atoms with Crippen molar-refractivity contribution in [1.82, 2.24) is 5.43 Å². The lowest BCUT2D eigenvalue weighted by atomic mass is 10.2. The zero-order valence-corrected chi connectivity index (χ0v) is 8.84. The van der Waals surface area contributed by atoms with E-state index in [1.165, 1.54) is 24.3 Å². The molecule has 0 aliphatic carbocycles. The van der Waals surface area contributed by atoms with Crippen LogP contribution >= 0.6 is 0 Å². The quantitative estimate of drug-likeness (QED) is 0.375. The van der Waals surface area contributed by atoms with Crippen LogP contribution in [0, 0.1) is 0 Å². The summed E-state index contributed by atoms with van der Waals surface area (Å²) in [6.07, 6.45) is 1.05. The molecule has 1 aromatic carbocycles. The molecule has 4 N–H and O–H groups in total. The second kappa shape index (κ2) is 4.28. The van der Waals surface area contributed by atoms with Crippen LogP contribution in [0.1, 0.15) is 10.4 Å². The number of hydrogen-bond donors (Lipinski definition) is 3. The van der Waals surface area contributed by atoms with Gasteiger partial charge in [-0.2, -0.15) is 0 Å². The Hall–Kier alpha value is -1.60. The third-order valence-electron chi connectivity index (χ3n) is 1.58. The largest absolute Gasteiger partial charge is 0.290 e. The zero-order chi connectivity index (χ0) is 11.5. The van der Waals surface area contributed by atoms with E-state index in [1.54, 1.807) is 0 Å². The van der Waals surface area contributed by atoms with Crippen molar-refractivity contribution in [3.8, 4) is 0 Å². The van der Waals surface area contributed by atoms with E-state index in [4.69, 9.17) is 5.84 Å². The molecule has 1 aromatic rings. The molecule has 0 saturated heterocycles. The van der Waals surface area contributed by atoms with Gasteiger partial charge in [-0.3, -0.25) is 14.9 Å². The first-order valence-electron chi connectivity index (χ1n) is 4.01. The van der Waals surface area contributed by atoms with E-state index in [1.807, 2.05) is 5.43 Å². The number of nitrogens with two attached hydrogens (primary N) is 1. The molecule has 0 aliphatic rings. The van der Waals surface area contributed by atoms with E-state index in [-0.39, 0.29) is 0 Å². The first kappa shape index (κ1) is 11.5. The molecule has 0 bridgehead atoms. The summed E-state index contributed by atoms with van der Waals surface area (Å²) in [6, 6.07) is 5.89. The molecule has 0 saturated carbocycles. The van der Waals surface area contributed by atoms with Gasteiger partial charge in [-0.05, 0) is 24.3 Å². The van der Waals surface area contributed by atoms with Crippen LogP contribution in [0.25, 0.3) is 0 Å². The Balaban J connectivity index is 2.86. The first-order valence-corrected chi connectivity index (χ1v) is 5.90. The molecule has 15 heavy (non-hydrogen) atoms. The van der Waals surface area contributed by atoms with E-state index in [0.717, 1.165) is 6.26 Å². The molecule has 7 heteroatoms. The highest BCUT2D eigenvalue weighted by molar-refractivity contribution is 7.92. The average Bonchev–Trinajstić information content (AvgIpc) is 2.15. The van der Waals surface area contributed by atoms with Gasteiger partial charge in [0.1, 0.15) is 0 Å². The lowest BCUT2D eigenvalue weighted by Crippen LogP contribution is -2.29. The predicted molar refractivity (Wildman–Crippen MR) is 56.6 cm³/mol. The number of hydrogen-bond acceptors (Lipinski definition) is 4. The van der Waals surface area contributed by atoms with Gasteiger partial charge < -0.3 is 0 Å². The standard InChI is InChI=1S/C8H11N3O3S/c1-15(13,14)11-7-4-2-6(3-5-7)8(12)10-9/h2-5,11H,9H2,1H3,(H,10,12). The number of anilines is 1. The summed E-state index contributed by atoms with van der Waals surface area (Å²) in [5, 5.41) is 0. The SMILES string of the molecule is CS(=O)(=O)Nc1ccc(C(=O)NN)cc1. The Bertz CT molecular complexity index is 453. The highest BCUT2D eigenvalue weighted by Crippen LogP contribution is 2.10. The minimum atomic E-state index is -3.29. The zero-order valence-electron chi connectivity index (χ0n) is 8.02. The number of benzene rings is 1. The van der Waals surface area contributed by atoms with E-state index in [2.05, 4.69) is 4.72 Å². The summed E-state index contributed by atoms with van der Waals surface area (Å²) in [5.41, 5.74) is 2.72. The molecule has 0 unspecified atom stereocenters.